The highest BCUT2D eigenvalue weighted by molar-refractivity contribution is 7.98. The molecule has 1 rings (SSSR count). The van der Waals surface area contributed by atoms with Crippen LogP contribution in [0.1, 0.15) is 12.0 Å². The molecule has 0 saturated carbocycles. The molecule has 12 heteroatoms. The first-order valence-corrected chi connectivity index (χ1v) is 11.4. The van der Waals surface area contributed by atoms with Crippen LogP contribution in [0.4, 0.5) is 0 Å². The summed E-state index contributed by atoms with van der Waals surface area (Å²) in [5, 5.41) is 25.3. The summed E-state index contributed by atoms with van der Waals surface area (Å²) in [4.78, 5) is 47.9. The van der Waals surface area contributed by atoms with Gasteiger partial charge in [0.25, 0.3) is 0 Å². The van der Waals surface area contributed by atoms with Gasteiger partial charge in [-0.3, -0.25) is 19.2 Å². The molecule has 0 radical (unpaired) electrons. The van der Waals surface area contributed by atoms with Gasteiger partial charge in [0, 0.05) is 5.75 Å². The summed E-state index contributed by atoms with van der Waals surface area (Å²) in [6.07, 6.45) is 2.31. The third-order valence-electron chi connectivity index (χ3n) is 4.20. The van der Waals surface area contributed by atoms with Crippen LogP contribution in [0.2, 0.25) is 0 Å². The highest BCUT2D eigenvalue weighted by Crippen LogP contribution is 2.11. The van der Waals surface area contributed by atoms with E-state index in [1.165, 1.54) is 23.9 Å². The van der Waals surface area contributed by atoms with Crippen LogP contribution in [-0.4, -0.2) is 76.3 Å². The molecule has 3 amide bonds. The van der Waals surface area contributed by atoms with Crippen LogP contribution in [0, 0.1) is 0 Å². The number of carbonyl (C=O) groups excluding carboxylic acids is 3. The van der Waals surface area contributed by atoms with Gasteiger partial charge in [0.2, 0.25) is 17.7 Å². The maximum Gasteiger partial charge on any atom is 0.322 e. The van der Waals surface area contributed by atoms with E-state index in [0.29, 0.717) is 5.75 Å². The Morgan fingerprint density at radius 2 is 1.68 bits per heavy atom. The highest BCUT2D eigenvalue weighted by Gasteiger charge is 2.27. The Morgan fingerprint density at radius 1 is 1.06 bits per heavy atom. The number of carboxylic acids is 1. The molecule has 0 aromatic heterocycles. The van der Waals surface area contributed by atoms with E-state index in [1.807, 2.05) is 6.26 Å². The second kappa shape index (κ2) is 13.8. The van der Waals surface area contributed by atoms with Crippen molar-refractivity contribution < 1.29 is 29.4 Å². The van der Waals surface area contributed by atoms with Crippen molar-refractivity contribution in [2.45, 2.75) is 31.0 Å². The fourth-order valence-corrected chi connectivity index (χ4v) is 3.24. The number of thioether (sulfide) groups is 1. The number of carbonyl (C=O) groups is 4. The molecule has 0 saturated heterocycles. The van der Waals surface area contributed by atoms with Gasteiger partial charge in [-0.15, -0.1) is 0 Å². The molecule has 0 aliphatic rings. The highest BCUT2D eigenvalue weighted by atomic mass is 32.2. The van der Waals surface area contributed by atoms with Crippen LogP contribution in [-0.2, 0) is 25.6 Å². The van der Waals surface area contributed by atoms with E-state index < -0.39 is 48.4 Å². The summed E-state index contributed by atoms with van der Waals surface area (Å²) in [5.41, 5.74) is 6.66. The van der Waals surface area contributed by atoms with Crippen molar-refractivity contribution in [3.63, 3.8) is 0 Å². The molecule has 172 valence electrons. The van der Waals surface area contributed by atoms with E-state index in [4.69, 9.17) is 10.8 Å². The van der Waals surface area contributed by atoms with E-state index >= 15 is 0 Å². The molecule has 0 aliphatic carbocycles. The Bertz CT molecular complexity index is 762. The lowest BCUT2D eigenvalue weighted by Gasteiger charge is -2.23. The number of carboxylic acid groups (broad SMARTS) is 1. The van der Waals surface area contributed by atoms with Crippen molar-refractivity contribution >= 4 is 48.1 Å². The van der Waals surface area contributed by atoms with Gasteiger partial charge in [-0.05, 0) is 42.5 Å². The molecule has 0 bridgehead atoms. The van der Waals surface area contributed by atoms with E-state index in [0.717, 1.165) is 5.56 Å². The Kier molecular flexibility index (Phi) is 11.8. The molecule has 0 aliphatic heterocycles. The molecule has 31 heavy (non-hydrogen) atoms. The van der Waals surface area contributed by atoms with Crippen molar-refractivity contribution in [1.29, 1.82) is 0 Å². The minimum Gasteiger partial charge on any atom is -0.508 e. The molecule has 0 spiro atoms. The number of thiol groups is 1. The normalized spacial score (nSPS) is 13.5. The van der Waals surface area contributed by atoms with Crippen LogP contribution in [0.25, 0.3) is 0 Å². The smallest absolute Gasteiger partial charge is 0.322 e. The second-order valence-corrected chi connectivity index (χ2v) is 8.03. The van der Waals surface area contributed by atoms with E-state index in [1.54, 1.807) is 12.1 Å². The van der Waals surface area contributed by atoms with Crippen LogP contribution in [0.3, 0.4) is 0 Å². The molecule has 0 heterocycles. The van der Waals surface area contributed by atoms with Crippen LogP contribution in [0.5, 0.6) is 5.75 Å². The van der Waals surface area contributed by atoms with Gasteiger partial charge in [-0.2, -0.15) is 24.4 Å². The fourth-order valence-electron chi connectivity index (χ4n) is 2.51. The summed E-state index contributed by atoms with van der Waals surface area (Å²) in [7, 11) is 0. The average molecular weight is 473 g/mol. The van der Waals surface area contributed by atoms with Crippen molar-refractivity contribution in [2.75, 3.05) is 24.3 Å². The maximum absolute atomic E-state index is 12.6. The van der Waals surface area contributed by atoms with Crippen molar-refractivity contribution in [3.05, 3.63) is 29.8 Å². The second-order valence-electron chi connectivity index (χ2n) is 6.68. The number of hydrogen-bond acceptors (Lipinski definition) is 8. The largest absolute Gasteiger partial charge is 0.508 e. The monoisotopic (exact) mass is 472 g/mol. The predicted octanol–water partition coefficient (Wildman–Crippen LogP) is -0.885. The van der Waals surface area contributed by atoms with Crippen LogP contribution in [0.15, 0.2) is 24.3 Å². The van der Waals surface area contributed by atoms with Crippen LogP contribution < -0.4 is 21.7 Å². The summed E-state index contributed by atoms with van der Waals surface area (Å²) in [6, 6.07) is 3.30. The van der Waals surface area contributed by atoms with Crippen LogP contribution >= 0.6 is 24.4 Å². The number of amides is 3. The predicted molar refractivity (Wildman–Crippen MR) is 121 cm³/mol. The molecular weight excluding hydrogens is 444 g/mol. The molecular formula is C19H28N4O6S2. The molecule has 7 N–H and O–H groups in total. The van der Waals surface area contributed by atoms with E-state index in [2.05, 4.69) is 28.6 Å². The lowest BCUT2D eigenvalue weighted by Crippen LogP contribution is -2.57. The summed E-state index contributed by atoms with van der Waals surface area (Å²) >= 11 is 5.56. The topological polar surface area (TPSA) is 171 Å². The van der Waals surface area contributed by atoms with Gasteiger partial charge in [0.15, 0.2) is 0 Å². The standard InChI is InChI=1S/C19H28N4O6S2/c1-31-7-6-14(18(28)21-9-16(25)26)22-19(29)15(10-30)23-17(27)13(20)8-11-2-4-12(24)5-3-11/h2-5,13-15,24,30H,6-10,20H2,1H3,(H,21,28)(H,22,29)(H,23,27)(H,25,26). The first kappa shape index (κ1) is 26.6. The third kappa shape index (κ3) is 9.94. The molecule has 10 nitrogen and oxygen atoms in total. The Labute approximate surface area is 190 Å². The first-order chi connectivity index (χ1) is 14.7. The maximum atomic E-state index is 12.6. The first-order valence-electron chi connectivity index (χ1n) is 9.41. The van der Waals surface area contributed by atoms with E-state index in [-0.39, 0.29) is 24.3 Å². The summed E-state index contributed by atoms with van der Waals surface area (Å²) in [6.45, 7) is -0.566. The van der Waals surface area contributed by atoms with Gasteiger partial charge < -0.3 is 31.9 Å². The number of benzene rings is 1. The Hall–Kier alpha value is -2.44. The molecule has 1 aromatic rings. The average Bonchev–Trinajstić information content (AvgIpc) is 2.74. The van der Waals surface area contributed by atoms with Crippen molar-refractivity contribution in [3.8, 4) is 5.75 Å². The summed E-state index contributed by atoms with van der Waals surface area (Å²) in [5.74, 6) is -2.41. The number of nitrogens with two attached hydrogens (primary N) is 1. The van der Waals surface area contributed by atoms with Gasteiger partial charge in [0.05, 0.1) is 6.04 Å². The van der Waals surface area contributed by atoms with Gasteiger partial charge in [0.1, 0.15) is 24.4 Å². The Balaban J connectivity index is 2.70. The minimum atomic E-state index is -1.20. The zero-order valence-electron chi connectivity index (χ0n) is 17.0. The number of phenolic OH excluding ortho intramolecular Hbond substituents is 1. The lowest BCUT2D eigenvalue weighted by atomic mass is 10.1. The number of aromatic hydroxyl groups is 1. The molecule has 3 atom stereocenters. The van der Waals surface area contributed by atoms with E-state index in [9.17, 15) is 24.3 Å². The number of aliphatic carboxylic acids is 1. The summed E-state index contributed by atoms with van der Waals surface area (Å²) < 4.78 is 0. The zero-order chi connectivity index (χ0) is 23.4. The zero-order valence-corrected chi connectivity index (χ0v) is 18.7. The quantitative estimate of drug-likeness (QED) is 0.181. The van der Waals surface area contributed by atoms with Gasteiger partial charge in [-0.25, -0.2) is 0 Å². The van der Waals surface area contributed by atoms with Gasteiger partial charge >= 0.3 is 5.97 Å². The molecule has 3 unspecified atom stereocenters. The Morgan fingerprint density at radius 3 is 2.23 bits per heavy atom. The fraction of sp³-hybridized carbons (Fsp3) is 0.474. The van der Waals surface area contributed by atoms with Gasteiger partial charge in [-0.1, -0.05) is 12.1 Å². The lowest BCUT2D eigenvalue weighted by molar-refractivity contribution is -0.138. The number of hydrogen-bond donors (Lipinski definition) is 7. The number of rotatable bonds is 13. The SMILES string of the molecule is CSCCC(NC(=O)C(CS)NC(=O)C(N)Cc1ccc(O)cc1)C(=O)NCC(=O)O. The number of nitrogens with one attached hydrogen (secondary N) is 3. The van der Waals surface area contributed by atoms with Crippen molar-refractivity contribution in [1.82, 2.24) is 16.0 Å². The third-order valence-corrected chi connectivity index (χ3v) is 5.21. The minimum absolute atomic E-state index is 0.0322. The molecule has 0 fully saturated rings. The number of phenols is 1. The molecule has 1 aromatic carbocycles. The van der Waals surface area contributed by atoms with Crippen molar-refractivity contribution in [2.24, 2.45) is 5.73 Å².